The summed E-state index contributed by atoms with van der Waals surface area (Å²) in [6, 6.07) is 18.7. The predicted octanol–water partition coefficient (Wildman–Crippen LogP) is 5.95. The van der Waals surface area contributed by atoms with Gasteiger partial charge >= 0.3 is 0 Å². The summed E-state index contributed by atoms with van der Waals surface area (Å²) in [7, 11) is 0. The predicted molar refractivity (Wildman–Crippen MR) is 115 cm³/mol. The van der Waals surface area contributed by atoms with Crippen molar-refractivity contribution in [2.45, 2.75) is 0 Å². The van der Waals surface area contributed by atoms with Crippen LogP contribution in [0.15, 0.2) is 97.3 Å². The van der Waals surface area contributed by atoms with E-state index in [-0.39, 0.29) is 10.6 Å². The molecule has 0 amide bonds. The van der Waals surface area contributed by atoms with Crippen LogP contribution in [0.25, 0.3) is 32.8 Å². The van der Waals surface area contributed by atoms with E-state index in [0.29, 0.717) is 11.4 Å². The number of nitro groups is 1. The molecule has 0 fully saturated rings. The summed E-state index contributed by atoms with van der Waals surface area (Å²) in [4.78, 5) is 15.5. The second-order valence-corrected chi connectivity index (χ2v) is 6.24. The van der Waals surface area contributed by atoms with E-state index in [1.807, 2.05) is 53.2 Å². The number of aromatic nitrogens is 1. The van der Waals surface area contributed by atoms with Gasteiger partial charge in [0.25, 0.3) is 5.69 Å². The van der Waals surface area contributed by atoms with Gasteiger partial charge in [-0.1, -0.05) is 55.6 Å². The van der Waals surface area contributed by atoms with Gasteiger partial charge < -0.3 is 4.57 Å². The molecule has 0 bridgehead atoms. The molecule has 0 unspecified atom stereocenters. The Hall–Kier alpha value is -3.99. The average molecular weight is 367 g/mol. The monoisotopic (exact) mass is 367 g/mol. The highest BCUT2D eigenvalue weighted by Gasteiger charge is 2.17. The van der Waals surface area contributed by atoms with Crippen molar-refractivity contribution in [1.82, 2.24) is 4.57 Å². The van der Waals surface area contributed by atoms with Gasteiger partial charge in [0.1, 0.15) is 5.84 Å². The van der Waals surface area contributed by atoms with Gasteiger partial charge in [0.05, 0.1) is 16.0 Å². The van der Waals surface area contributed by atoms with Crippen LogP contribution in [0.3, 0.4) is 0 Å². The Morgan fingerprint density at radius 3 is 2.50 bits per heavy atom. The van der Waals surface area contributed by atoms with Crippen LogP contribution in [0.5, 0.6) is 0 Å². The molecule has 4 aromatic rings. The van der Waals surface area contributed by atoms with E-state index in [1.165, 1.54) is 12.3 Å². The van der Waals surface area contributed by atoms with Crippen LogP contribution in [0.2, 0.25) is 0 Å². The second-order valence-electron chi connectivity index (χ2n) is 6.24. The van der Waals surface area contributed by atoms with Crippen LogP contribution in [-0.4, -0.2) is 15.3 Å². The molecule has 136 valence electrons. The van der Waals surface area contributed by atoms with Crippen molar-refractivity contribution >= 4 is 33.2 Å². The lowest BCUT2D eigenvalue weighted by atomic mass is 9.96. The molecule has 1 heterocycles. The van der Waals surface area contributed by atoms with Crippen LogP contribution in [0.1, 0.15) is 0 Å². The van der Waals surface area contributed by atoms with E-state index in [4.69, 9.17) is 0 Å². The minimum absolute atomic E-state index is 0.0884. The van der Waals surface area contributed by atoms with Gasteiger partial charge in [-0.15, -0.1) is 0 Å². The lowest BCUT2D eigenvalue weighted by Crippen LogP contribution is -2.06. The minimum atomic E-state index is -0.345. The Kier molecular flexibility index (Phi) is 4.33. The quantitative estimate of drug-likeness (QED) is 0.194. The second kappa shape index (κ2) is 6.96. The minimum Gasteiger partial charge on any atom is -0.301 e. The molecule has 0 atom stereocenters. The van der Waals surface area contributed by atoms with Crippen LogP contribution in [0, 0.1) is 10.1 Å². The molecule has 5 nitrogen and oxygen atoms in total. The van der Waals surface area contributed by atoms with Crippen molar-refractivity contribution < 1.29 is 4.92 Å². The van der Waals surface area contributed by atoms with E-state index in [1.54, 1.807) is 18.2 Å². The number of nitrogens with zero attached hydrogens (tertiary/aromatic N) is 3. The summed E-state index contributed by atoms with van der Waals surface area (Å²) in [5, 5.41) is 14.5. The van der Waals surface area contributed by atoms with Gasteiger partial charge in [-0.3, -0.25) is 10.1 Å². The maximum Gasteiger partial charge on any atom is 0.277 e. The molecule has 5 heteroatoms. The zero-order chi connectivity index (χ0) is 19.7. The third kappa shape index (κ3) is 2.70. The highest BCUT2D eigenvalue weighted by molar-refractivity contribution is 6.15. The Bertz CT molecular complexity index is 1280. The van der Waals surface area contributed by atoms with Crippen molar-refractivity contribution in [3.05, 3.63) is 102 Å². The van der Waals surface area contributed by atoms with Crippen molar-refractivity contribution in [3.8, 4) is 11.1 Å². The summed E-state index contributed by atoms with van der Waals surface area (Å²) in [6.45, 7) is 7.51. The van der Waals surface area contributed by atoms with Gasteiger partial charge in [0, 0.05) is 29.2 Å². The Morgan fingerprint density at radius 2 is 1.75 bits per heavy atom. The van der Waals surface area contributed by atoms with E-state index in [2.05, 4.69) is 18.2 Å². The third-order valence-corrected chi connectivity index (χ3v) is 4.75. The molecule has 1 aromatic heterocycles. The van der Waals surface area contributed by atoms with Gasteiger partial charge in [0.2, 0.25) is 0 Å². The molecule has 0 spiro atoms. The van der Waals surface area contributed by atoms with Gasteiger partial charge in [0.15, 0.2) is 0 Å². The summed E-state index contributed by atoms with van der Waals surface area (Å²) < 4.78 is 1.95. The lowest BCUT2D eigenvalue weighted by molar-refractivity contribution is -0.384. The molecule has 0 saturated carbocycles. The molecule has 0 aliphatic heterocycles. The Balaban J connectivity index is 2.08. The van der Waals surface area contributed by atoms with Crippen LogP contribution >= 0.6 is 0 Å². The molecule has 0 N–H and O–H groups in total. The number of nitro benzene ring substituents is 1. The standard InChI is InChI=1S/C23H17N3O2/c1-3-22(24-4-2)25-15-14-16-12-13-18-17(9-7-10-20(18)23(16)25)19-8-5-6-11-21(19)26(27)28/h3-15H,1-2H2. The first-order valence-electron chi connectivity index (χ1n) is 8.74. The van der Waals surface area contributed by atoms with Crippen molar-refractivity contribution in [1.29, 1.82) is 0 Å². The summed E-state index contributed by atoms with van der Waals surface area (Å²) in [5.41, 5.74) is 2.48. The average Bonchev–Trinajstić information content (AvgIpc) is 3.16. The maximum atomic E-state index is 11.5. The number of fused-ring (bicyclic) bond motifs is 3. The molecule has 0 saturated heterocycles. The van der Waals surface area contributed by atoms with E-state index < -0.39 is 0 Å². The van der Waals surface area contributed by atoms with Gasteiger partial charge in [-0.2, -0.15) is 0 Å². The number of rotatable bonds is 4. The van der Waals surface area contributed by atoms with Crippen LogP contribution in [0.4, 0.5) is 5.69 Å². The lowest BCUT2D eigenvalue weighted by Gasteiger charge is -2.11. The van der Waals surface area contributed by atoms with Crippen molar-refractivity contribution in [3.63, 3.8) is 0 Å². The SMILES string of the molecule is C=CN=C(C=C)n1ccc2ccc3c(-c4ccccc4[N+](=O)[O-])cccc3c21. The number of para-hydroxylation sites is 1. The zero-order valence-electron chi connectivity index (χ0n) is 15.1. The van der Waals surface area contributed by atoms with E-state index in [9.17, 15) is 10.1 Å². The molecule has 0 radical (unpaired) electrons. The summed E-state index contributed by atoms with van der Waals surface area (Å²) in [5.74, 6) is 0.661. The highest BCUT2D eigenvalue weighted by atomic mass is 16.6. The van der Waals surface area contributed by atoms with E-state index in [0.717, 1.165) is 27.2 Å². The number of hydrogen-bond donors (Lipinski definition) is 0. The molecule has 3 aromatic carbocycles. The smallest absolute Gasteiger partial charge is 0.277 e. The number of allylic oxidation sites excluding steroid dienone is 1. The van der Waals surface area contributed by atoms with Crippen LogP contribution in [-0.2, 0) is 0 Å². The summed E-state index contributed by atoms with van der Waals surface area (Å²) in [6.07, 6.45) is 5.09. The molecule has 28 heavy (non-hydrogen) atoms. The largest absolute Gasteiger partial charge is 0.301 e. The fraction of sp³-hybridized carbons (Fsp3) is 0. The van der Waals surface area contributed by atoms with Crippen molar-refractivity contribution in [2.75, 3.05) is 0 Å². The number of hydrogen-bond acceptors (Lipinski definition) is 3. The van der Waals surface area contributed by atoms with Gasteiger partial charge in [-0.05, 0) is 29.2 Å². The first-order chi connectivity index (χ1) is 13.7. The Labute approximate surface area is 161 Å². The van der Waals surface area contributed by atoms with Gasteiger partial charge in [-0.25, -0.2) is 4.99 Å². The van der Waals surface area contributed by atoms with E-state index >= 15 is 0 Å². The molecule has 0 aliphatic rings. The fourth-order valence-corrected chi connectivity index (χ4v) is 3.58. The zero-order valence-corrected chi connectivity index (χ0v) is 15.1. The Morgan fingerprint density at radius 1 is 0.964 bits per heavy atom. The molecular formula is C23H17N3O2. The normalized spacial score (nSPS) is 11.6. The maximum absolute atomic E-state index is 11.5. The topological polar surface area (TPSA) is 60.4 Å². The first-order valence-corrected chi connectivity index (χ1v) is 8.74. The first kappa shape index (κ1) is 17.4. The fourth-order valence-electron chi connectivity index (χ4n) is 3.58. The van der Waals surface area contributed by atoms with Crippen molar-refractivity contribution in [2.24, 2.45) is 4.99 Å². The third-order valence-electron chi connectivity index (χ3n) is 4.75. The van der Waals surface area contributed by atoms with Crippen LogP contribution < -0.4 is 0 Å². The number of benzene rings is 3. The highest BCUT2D eigenvalue weighted by Crippen LogP contribution is 2.37. The molecular weight excluding hydrogens is 350 g/mol. The molecule has 4 rings (SSSR count). The number of aliphatic imine (C=N–C) groups is 1. The molecule has 0 aliphatic carbocycles. The summed E-state index contributed by atoms with van der Waals surface area (Å²) >= 11 is 0.